The van der Waals surface area contributed by atoms with Crippen molar-refractivity contribution in [1.29, 1.82) is 0 Å². The van der Waals surface area contributed by atoms with Gasteiger partial charge in [-0.25, -0.2) is 0 Å². The number of rotatable bonds is 5. The van der Waals surface area contributed by atoms with Gasteiger partial charge in [0, 0.05) is 23.0 Å². The summed E-state index contributed by atoms with van der Waals surface area (Å²) in [5, 5.41) is 0.634. The minimum absolute atomic E-state index is 0.0439. The second-order valence-corrected chi connectivity index (χ2v) is 4.55. The molecule has 1 aromatic rings. The third-order valence-corrected chi connectivity index (χ3v) is 3.01. The number of hydrogen-bond acceptors (Lipinski definition) is 2. The summed E-state index contributed by atoms with van der Waals surface area (Å²) in [6.07, 6.45) is 2.28. The van der Waals surface area contributed by atoms with Crippen molar-refractivity contribution in [3.8, 4) is 0 Å². The lowest BCUT2D eigenvalue weighted by molar-refractivity contribution is 0.0973. The fourth-order valence-electron chi connectivity index (χ4n) is 1.60. The Kier molecular flexibility index (Phi) is 4.97. The van der Waals surface area contributed by atoms with Gasteiger partial charge < -0.3 is 5.73 Å². The van der Waals surface area contributed by atoms with Crippen LogP contribution in [0.25, 0.3) is 0 Å². The summed E-state index contributed by atoms with van der Waals surface area (Å²) in [4.78, 5) is 11.9. The number of Topliss-reactive ketones (excluding diaryl/α,β-unsaturated/α-hetero) is 1. The van der Waals surface area contributed by atoms with Gasteiger partial charge in [0.25, 0.3) is 0 Å². The molecule has 88 valence electrons. The van der Waals surface area contributed by atoms with Crippen molar-refractivity contribution in [2.24, 2.45) is 5.73 Å². The van der Waals surface area contributed by atoms with Crippen molar-refractivity contribution < 1.29 is 4.79 Å². The van der Waals surface area contributed by atoms with E-state index in [1.54, 1.807) is 6.07 Å². The molecule has 0 aliphatic heterocycles. The largest absolute Gasteiger partial charge is 0.327 e. The van der Waals surface area contributed by atoms with Crippen LogP contribution in [0.3, 0.4) is 0 Å². The summed E-state index contributed by atoms with van der Waals surface area (Å²) in [7, 11) is 0. The van der Waals surface area contributed by atoms with E-state index in [2.05, 4.69) is 6.92 Å². The molecule has 0 bridgehead atoms. The summed E-state index contributed by atoms with van der Waals surface area (Å²) in [5.74, 6) is 0.0721. The SMILES string of the molecule is CCCC(N)CC(=O)c1ccc(C)c(Cl)c1. The maximum absolute atomic E-state index is 11.9. The third kappa shape index (κ3) is 3.62. The Morgan fingerprint density at radius 2 is 2.19 bits per heavy atom. The Hall–Kier alpha value is -0.860. The lowest BCUT2D eigenvalue weighted by Gasteiger charge is -2.09. The number of ketones is 1. The topological polar surface area (TPSA) is 43.1 Å². The van der Waals surface area contributed by atoms with E-state index in [-0.39, 0.29) is 11.8 Å². The van der Waals surface area contributed by atoms with E-state index < -0.39 is 0 Å². The average molecular weight is 240 g/mol. The smallest absolute Gasteiger partial charge is 0.164 e. The van der Waals surface area contributed by atoms with Crippen molar-refractivity contribution in [2.45, 2.75) is 39.2 Å². The van der Waals surface area contributed by atoms with Gasteiger partial charge in [-0.05, 0) is 25.0 Å². The predicted octanol–water partition coefficient (Wildman–Crippen LogP) is 3.35. The minimum atomic E-state index is -0.0439. The number of hydrogen-bond donors (Lipinski definition) is 1. The number of carbonyl (C=O) groups is 1. The quantitative estimate of drug-likeness (QED) is 0.801. The first-order valence-electron chi connectivity index (χ1n) is 5.59. The van der Waals surface area contributed by atoms with Crippen LogP contribution in [0.4, 0.5) is 0 Å². The van der Waals surface area contributed by atoms with Gasteiger partial charge in [-0.3, -0.25) is 4.79 Å². The zero-order valence-electron chi connectivity index (χ0n) is 9.79. The van der Waals surface area contributed by atoms with Crippen LogP contribution in [0.15, 0.2) is 18.2 Å². The first kappa shape index (κ1) is 13.2. The second kappa shape index (κ2) is 6.02. The fraction of sp³-hybridized carbons (Fsp3) is 0.462. The van der Waals surface area contributed by atoms with E-state index in [9.17, 15) is 4.79 Å². The summed E-state index contributed by atoms with van der Waals surface area (Å²) >= 11 is 5.97. The Morgan fingerprint density at radius 1 is 1.50 bits per heavy atom. The first-order valence-corrected chi connectivity index (χ1v) is 5.97. The molecule has 2 N–H and O–H groups in total. The van der Waals surface area contributed by atoms with Gasteiger partial charge in [0.1, 0.15) is 0 Å². The van der Waals surface area contributed by atoms with Crippen LogP contribution in [0.1, 0.15) is 42.1 Å². The maximum atomic E-state index is 11.9. The summed E-state index contributed by atoms with van der Waals surface area (Å²) < 4.78 is 0. The van der Waals surface area contributed by atoms with Gasteiger partial charge in [0.15, 0.2) is 5.78 Å². The van der Waals surface area contributed by atoms with E-state index in [0.717, 1.165) is 18.4 Å². The lowest BCUT2D eigenvalue weighted by atomic mass is 10.0. The van der Waals surface area contributed by atoms with Crippen LogP contribution in [0, 0.1) is 6.92 Å². The molecule has 0 radical (unpaired) electrons. The molecule has 1 rings (SSSR count). The van der Waals surface area contributed by atoms with E-state index in [0.29, 0.717) is 17.0 Å². The van der Waals surface area contributed by atoms with Crippen LogP contribution in [-0.2, 0) is 0 Å². The van der Waals surface area contributed by atoms with Crippen LogP contribution in [-0.4, -0.2) is 11.8 Å². The minimum Gasteiger partial charge on any atom is -0.327 e. The molecule has 3 heteroatoms. The average Bonchev–Trinajstić information content (AvgIpc) is 2.22. The Labute approximate surface area is 102 Å². The molecule has 0 spiro atoms. The van der Waals surface area contributed by atoms with Crippen molar-refractivity contribution in [1.82, 2.24) is 0 Å². The summed E-state index contributed by atoms with van der Waals surface area (Å²) in [5.41, 5.74) is 7.47. The highest BCUT2D eigenvalue weighted by Crippen LogP contribution is 2.18. The lowest BCUT2D eigenvalue weighted by Crippen LogP contribution is -2.23. The van der Waals surface area contributed by atoms with Crippen molar-refractivity contribution in [2.75, 3.05) is 0 Å². The zero-order chi connectivity index (χ0) is 12.1. The number of benzene rings is 1. The molecule has 0 aliphatic rings. The summed E-state index contributed by atoms with van der Waals surface area (Å²) in [6.45, 7) is 3.98. The van der Waals surface area contributed by atoms with Crippen molar-refractivity contribution in [3.05, 3.63) is 34.3 Å². The Bertz CT molecular complexity index is 376. The van der Waals surface area contributed by atoms with Crippen LogP contribution in [0.5, 0.6) is 0 Å². The first-order chi connectivity index (χ1) is 7.54. The molecule has 0 fully saturated rings. The van der Waals surface area contributed by atoms with E-state index in [1.807, 2.05) is 19.1 Å². The molecule has 1 aromatic carbocycles. The zero-order valence-corrected chi connectivity index (χ0v) is 10.6. The molecule has 0 amide bonds. The van der Waals surface area contributed by atoms with E-state index >= 15 is 0 Å². The molecule has 0 saturated heterocycles. The molecular weight excluding hydrogens is 222 g/mol. The van der Waals surface area contributed by atoms with Gasteiger partial charge in [0.05, 0.1) is 0 Å². The van der Waals surface area contributed by atoms with Crippen molar-refractivity contribution >= 4 is 17.4 Å². The second-order valence-electron chi connectivity index (χ2n) is 4.14. The van der Waals surface area contributed by atoms with E-state index in [4.69, 9.17) is 17.3 Å². The number of aryl methyl sites for hydroxylation is 1. The number of nitrogens with two attached hydrogens (primary N) is 1. The summed E-state index contributed by atoms with van der Waals surface area (Å²) in [6, 6.07) is 5.35. The van der Waals surface area contributed by atoms with Crippen LogP contribution >= 0.6 is 11.6 Å². The normalized spacial score (nSPS) is 12.5. The van der Waals surface area contributed by atoms with Gasteiger partial charge >= 0.3 is 0 Å². The van der Waals surface area contributed by atoms with Gasteiger partial charge in [-0.2, -0.15) is 0 Å². The molecule has 2 nitrogen and oxygen atoms in total. The molecule has 16 heavy (non-hydrogen) atoms. The fourth-order valence-corrected chi connectivity index (χ4v) is 1.78. The molecule has 1 atom stereocenters. The maximum Gasteiger partial charge on any atom is 0.164 e. The van der Waals surface area contributed by atoms with Gasteiger partial charge in [-0.15, -0.1) is 0 Å². The molecule has 0 aliphatic carbocycles. The molecule has 1 unspecified atom stereocenters. The van der Waals surface area contributed by atoms with E-state index in [1.165, 1.54) is 0 Å². The Morgan fingerprint density at radius 3 is 2.75 bits per heavy atom. The van der Waals surface area contributed by atoms with Crippen LogP contribution < -0.4 is 5.73 Å². The highest BCUT2D eigenvalue weighted by Gasteiger charge is 2.11. The Balaban J connectivity index is 2.69. The monoisotopic (exact) mass is 239 g/mol. The molecular formula is C13H18ClNO. The molecule has 0 aromatic heterocycles. The third-order valence-electron chi connectivity index (χ3n) is 2.60. The predicted molar refractivity (Wildman–Crippen MR) is 68.0 cm³/mol. The standard InChI is InChI=1S/C13H18ClNO/c1-3-4-11(15)8-13(16)10-6-5-9(2)12(14)7-10/h5-7,11H,3-4,8,15H2,1-2H3. The molecule has 0 saturated carbocycles. The van der Waals surface area contributed by atoms with Crippen molar-refractivity contribution in [3.63, 3.8) is 0 Å². The number of carbonyl (C=O) groups excluding carboxylic acids is 1. The number of halogens is 1. The highest BCUT2D eigenvalue weighted by atomic mass is 35.5. The molecule has 0 heterocycles. The van der Waals surface area contributed by atoms with Gasteiger partial charge in [0.2, 0.25) is 0 Å². The van der Waals surface area contributed by atoms with Gasteiger partial charge in [-0.1, -0.05) is 37.1 Å². The van der Waals surface area contributed by atoms with Crippen LogP contribution in [0.2, 0.25) is 5.02 Å². The highest BCUT2D eigenvalue weighted by molar-refractivity contribution is 6.31.